The number of nitrogens with zero attached hydrogens (tertiary/aromatic N) is 2. The second-order valence-corrected chi connectivity index (χ2v) is 5.61. The molecule has 0 radical (unpaired) electrons. The van der Waals surface area contributed by atoms with Crippen LogP contribution in [-0.4, -0.2) is 28.1 Å². The number of carbonyl (C=O) groups is 1. The molecule has 0 atom stereocenters. The Morgan fingerprint density at radius 3 is 2.94 bits per heavy atom. The zero-order valence-corrected chi connectivity index (χ0v) is 11.3. The summed E-state index contributed by atoms with van der Waals surface area (Å²) < 4.78 is 5.41. The Labute approximate surface area is 108 Å². The SMILES string of the molecule is CC(C)(C)OC(=O)N1CCCc2cccnc2C1. The van der Waals surface area contributed by atoms with Crippen LogP contribution in [0.25, 0.3) is 0 Å². The fourth-order valence-electron chi connectivity index (χ4n) is 2.04. The fourth-order valence-corrected chi connectivity index (χ4v) is 2.04. The van der Waals surface area contributed by atoms with E-state index in [1.807, 2.05) is 26.8 Å². The van der Waals surface area contributed by atoms with Crippen LogP contribution in [0.5, 0.6) is 0 Å². The van der Waals surface area contributed by atoms with Gasteiger partial charge in [0.1, 0.15) is 5.60 Å². The van der Waals surface area contributed by atoms with Crippen LogP contribution in [-0.2, 0) is 17.7 Å². The quantitative estimate of drug-likeness (QED) is 0.709. The number of aryl methyl sites for hydroxylation is 1. The van der Waals surface area contributed by atoms with Crippen LogP contribution in [0.2, 0.25) is 0 Å². The molecule has 0 bridgehead atoms. The number of amides is 1. The van der Waals surface area contributed by atoms with Crippen LogP contribution >= 0.6 is 0 Å². The van der Waals surface area contributed by atoms with Gasteiger partial charge < -0.3 is 9.64 Å². The molecule has 0 spiro atoms. The first-order valence-corrected chi connectivity index (χ1v) is 6.36. The summed E-state index contributed by atoms with van der Waals surface area (Å²) in [5.74, 6) is 0. The van der Waals surface area contributed by atoms with Crippen molar-refractivity contribution in [2.75, 3.05) is 6.54 Å². The van der Waals surface area contributed by atoms with Gasteiger partial charge in [0, 0.05) is 12.7 Å². The van der Waals surface area contributed by atoms with Crippen LogP contribution in [0.15, 0.2) is 18.3 Å². The summed E-state index contributed by atoms with van der Waals surface area (Å²) in [4.78, 5) is 18.2. The van der Waals surface area contributed by atoms with E-state index in [4.69, 9.17) is 4.74 Å². The lowest BCUT2D eigenvalue weighted by Crippen LogP contribution is -2.36. The average molecular weight is 248 g/mol. The van der Waals surface area contributed by atoms with E-state index in [-0.39, 0.29) is 6.09 Å². The molecule has 0 saturated carbocycles. The number of aromatic nitrogens is 1. The van der Waals surface area contributed by atoms with Crippen molar-refractivity contribution in [1.29, 1.82) is 0 Å². The molecule has 4 heteroatoms. The van der Waals surface area contributed by atoms with Crippen LogP contribution in [0, 0.1) is 0 Å². The summed E-state index contributed by atoms with van der Waals surface area (Å²) >= 11 is 0. The molecule has 2 heterocycles. The van der Waals surface area contributed by atoms with Crippen LogP contribution in [0.1, 0.15) is 38.4 Å². The molecule has 18 heavy (non-hydrogen) atoms. The monoisotopic (exact) mass is 248 g/mol. The fraction of sp³-hybridized carbons (Fsp3) is 0.571. The van der Waals surface area contributed by atoms with Crippen molar-refractivity contribution in [3.8, 4) is 0 Å². The highest BCUT2D eigenvalue weighted by Gasteiger charge is 2.24. The highest BCUT2D eigenvalue weighted by Crippen LogP contribution is 2.18. The Morgan fingerprint density at radius 1 is 1.44 bits per heavy atom. The molecule has 0 unspecified atom stereocenters. The minimum Gasteiger partial charge on any atom is -0.444 e. The van der Waals surface area contributed by atoms with E-state index in [0.717, 1.165) is 25.1 Å². The predicted octanol–water partition coefficient (Wildman–Crippen LogP) is 2.76. The molecule has 0 aromatic carbocycles. The van der Waals surface area contributed by atoms with Gasteiger partial charge in [0.2, 0.25) is 0 Å². The summed E-state index contributed by atoms with van der Waals surface area (Å²) in [5.41, 5.74) is 1.78. The molecular formula is C14H20N2O2. The van der Waals surface area contributed by atoms with Gasteiger partial charge in [-0.1, -0.05) is 6.07 Å². The molecule has 98 valence electrons. The lowest BCUT2D eigenvalue weighted by Gasteiger charge is -2.26. The van der Waals surface area contributed by atoms with Crippen LogP contribution in [0.3, 0.4) is 0 Å². The lowest BCUT2D eigenvalue weighted by molar-refractivity contribution is 0.0235. The van der Waals surface area contributed by atoms with Crippen LogP contribution < -0.4 is 0 Å². The van der Waals surface area contributed by atoms with E-state index in [0.29, 0.717) is 6.54 Å². The summed E-state index contributed by atoms with van der Waals surface area (Å²) in [6, 6.07) is 4.03. The zero-order valence-electron chi connectivity index (χ0n) is 11.3. The number of pyridine rings is 1. The summed E-state index contributed by atoms with van der Waals surface area (Å²) in [6.45, 7) is 6.93. The standard InChI is InChI=1S/C14H20N2O2/c1-14(2,3)18-13(17)16-9-5-7-11-6-4-8-15-12(11)10-16/h4,6,8H,5,7,9-10H2,1-3H3. The molecule has 1 aliphatic heterocycles. The minimum absolute atomic E-state index is 0.249. The van der Waals surface area contributed by atoms with Gasteiger partial charge in [-0.2, -0.15) is 0 Å². The number of fused-ring (bicyclic) bond motifs is 1. The minimum atomic E-state index is -0.448. The van der Waals surface area contributed by atoms with E-state index in [9.17, 15) is 4.79 Å². The van der Waals surface area contributed by atoms with E-state index in [1.165, 1.54) is 5.56 Å². The first-order chi connectivity index (χ1) is 8.46. The van der Waals surface area contributed by atoms with E-state index in [2.05, 4.69) is 11.1 Å². The van der Waals surface area contributed by atoms with Gasteiger partial charge in [0.15, 0.2) is 0 Å². The van der Waals surface area contributed by atoms with Crippen molar-refractivity contribution in [2.45, 2.75) is 45.8 Å². The third-order valence-electron chi connectivity index (χ3n) is 2.85. The maximum Gasteiger partial charge on any atom is 0.410 e. The predicted molar refractivity (Wildman–Crippen MR) is 69.2 cm³/mol. The number of ether oxygens (including phenoxy) is 1. The van der Waals surface area contributed by atoms with E-state index >= 15 is 0 Å². The first kappa shape index (κ1) is 12.9. The molecule has 0 N–H and O–H groups in total. The molecule has 0 aliphatic carbocycles. The maximum absolute atomic E-state index is 12.1. The van der Waals surface area contributed by atoms with Gasteiger partial charge in [-0.15, -0.1) is 0 Å². The third-order valence-corrected chi connectivity index (χ3v) is 2.85. The van der Waals surface area contributed by atoms with Crippen LogP contribution in [0.4, 0.5) is 4.79 Å². The Kier molecular flexibility index (Phi) is 3.55. The average Bonchev–Trinajstić information content (AvgIpc) is 2.48. The van der Waals surface area contributed by atoms with Gasteiger partial charge in [-0.25, -0.2) is 4.79 Å². The van der Waals surface area contributed by atoms with Crippen molar-refractivity contribution in [2.24, 2.45) is 0 Å². The molecule has 4 nitrogen and oxygen atoms in total. The van der Waals surface area contributed by atoms with Gasteiger partial charge in [-0.3, -0.25) is 4.98 Å². The van der Waals surface area contributed by atoms with Crippen molar-refractivity contribution in [1.82, 2.24) is 9.88 Å². The zero-order chi connectivity index (χ0) is 13.2. The smallest absolute Gasteiger partial charge is 0.410 e. The summed E-state index contributed by atoms with van der Waals surface area (Å²) in [5, 5.41) is 0. The summed E-state index contributed by atoms with van der Waals surface area (Å²) in [6.07, 6.45) is 3.46. The highest BCUT2D eigenvalue weighted by molar-refractivity contribution is 5.68. The number of rotatable bonds is 0. The first-order valence-electron chi connectivity index (χ1n) is 6.36. The summed E-state index contributed by atoms with van der Waals surface area (Å²) in [7, 11) is 0. The van der Waals surface area contributed by atoms with Gasteiger partial charge in [-0.05, 0) is 45.2 Å². The van der Waals surface area contributed by atoms with E-state index < -0.39 is 5.60 Å². The van der Waals surface area contributed by atoms with Gasteiger partial charge >= 0.3 is 6.09 Å². The molecule has 1 amide bonds. The Morgan fingerprint density at radius 2 is 2.22 bits per heavy atom. The van der Waals surface area contributed by atoms with Crippen molar-refractivity contribution in [3.05, 3.63) is 29.6 Å². The second kappa shape index (κ2) is 4.96. The Balaban J connectivity index is 2.10. The molecule has 1 aliphatic rings. The third kappa shape index (κ3) is 3.22. The molecular weight excluding hydrogens is 228 g/mol. The molecule has 1 aromatic rings. The molecule has 0 fully saturated rings. The van der Waals surface area contributed by atoms with Gasteiger partial charge in [0.25, 0.3) is 0 Å². The lowest BCUT2D eigenvalue weighted by atomic mass is 10.1. The maximum atomic E-state index is 12.1. The normalized spacial score (nSPS) is 15.8. The van der Waals surface area contributed by atoms with Crippen molar-refractivity contribution in [3.63, 3.8) is 0 Å². The van der Waals surface area contributed by atoms with Gasteiger partial charge in [0.05, 0.1) is 12.2 Å². The number of hydrogen-bond donors (Lipinski definition) is 0. The second-order valence-electron chi connectivity index (χ2n) is 5.61. The molecule has 1 aromatic heterocycles. The number of hydrogen-bond acceptors (Lipinski definition) is 3. The Hall–Kier alpha value is -1.58. The Bertz CT molecular complexity index is 438. The topological polar surface area (TPSA) is 42.4 Å². The molecule has 0 saturated heterocycles. The number of carbonyl (C=O) groups excluding carboxylic acids is 1. The van der Waals surface area contributed by atoms with Crippen molar-refractivity contribution < 1.29 is 9.53 Å². The van der Waals surface area contributed by atoms with E-state index in [1.54, 1.807) is 11.1 Å². The van der Waals surface area contributed by atoms with Crippen molar-refractivity contribution >= 4 is 6.09 Å². The largest absolute Gasteiger partial charge is 0.444 e. The molecule has 2 rings (SSSR count). The highest BCUT2D eigenvalue weighted by atomic mass is 16.6.